The van der Waals surface area contributed by atoms with Crippen molar-refractivity contribution >= 4 is 56.4 Å². The number of esters is 1. The number of ether oxygens (including phenoxy) is 3. The molecule has 14 nitrogen and oxygen atoms in total. The van der Waals surface area contributed by atoms with Crippen LogP contribution in [0.15, 0.2) is 96.5 Å². The number of aromatic nitrogens is 3. The molecule has 5 rings (SSSR count). The fourth-order valence-corrected chi connectivity index (χ4v) is 5.44. The van der Waals surface area contributed by atoms with E-state index in [2.05, 4.69) is 22.0 Å². The second kappa shape index (κ2) is 15.4. The minimum absolute atomic E-state index is 0.00772. The predicted molar refractivity (Wildman–Crippen MR) is 191 cm³/mol. The first kappa shape index (κ1) is 37.1. The summed E-state index contributed by atoms with van der Waals surface area (Å²) in [7, 11) is -2.34. The number of benzene rings is 3. The van der Waals surface area contributed by atoms with E-state index in [0.29, 0.717) is 22.5 Å². The van der Waals surface area contributed by atoms with Crippen molar-refractivity contribution in [2.45, 2.75) is 24.8 Å². The van der Waals surface area contributed by atoms with Crippen molar-refractivity contribution in [3.63, 3.8) is 0 Å². The van der Waals surface area contributed by atoms with Crippen molar-refractivity contribution in [1.29, 1.82) is 0 Å². The number of nitrogens with one attached hydrogen (secondary N) is 1. The molecule has 1 atom stereocenters. The highest BCUT2D eigenvalue weighted by Gasteiger charge is 2.29. The normalized spacial score (nSPS) is 11.9. The van der Waals surface area contributed by atoms with Crippen LogP contribution in [-0.4, -0.2) is 67.2 Å². The molecule has 2 aromatic heterocycles. The molecule has 270 valence electrons. The van der Waals surface area contributed by atoms with E-state index in [0.717, 1.165) is 16.7 Å². The van der Waals surface area contributed by atoms with E-state index in [9.17, 15) is 27.2 Å². The number of carbonyl (C=O) groups excluding carboxylic acids is 3. The Balaban J connectivity index is 1.41. The Labute approximate surface area is 298 Å². The number of nitrogens with zero attached hydrogens (tertiary/aromatic N) is 4. The van der Waals surface area contributed by atoms with E-state index in [4.69, 9.17) is 19.9 Å². The number of halogens is 1. The molecule has 0 unspecified atom stereocenters. The maximum Gasteiger partial charge on any atom is 0.424 e. The maximum absolute atomic E-state index is 13.6. The largest absolute Gasteiger partial charge is 0.495 e. The van der Waals surface area contributed by atoms with E-state index >= 15 is 0 Å². The number of hydrogen-bond donors (Lipinski definition) is 2. The molecular weight excluding hydrogens is 695 g/mol. The zero-order valence-electron chi connectivity index (χ0n) is 28.6. The Morgan fingerprint density at radius 2 is 1.65 bits per heavy atom. The van der Waals surface area contributed by atoms with Crippen LogP contribution in [0.5, 0.6) is 5.75 Å². The first-order chi connectivity index (χ1) is 24.7. The molecule has 0 bridgehead atoms. The highest BCUT2D eigenvalue weighted by Crippen LogP contribution is 2.35. The number of sulfone groups is 1. The second-order valence-corrected chi connectivity index (χ2v) is 13.9. The van der Waals surface area contributed by atoms with Crippen LogP contribution in [0.2, 0.25) is 0 Å². The third-order valence-corrected chi connectivity index (χ3v) is 8.95. The van der Waals surface area contributed by atoms with Crippen LogP contribution in [-0.2, 0) is 28.9 Å². The summed E-state index contributed by atoms with van der Waals surface area (Å²) in [5.41, 5.74) is 8.82. The molecule has 0 spiro atoms. The Morgan fingerprint density at radius 3 is 2.29 bits per heavy atom. The molecule has 3 aromatic carbocycles. The lowest BCUT2D eigenvalue weighted by molar-refractivity contribution is -0.154. The maximum atomic E-state index is 13.6. The number of methoxy groups -OCH3 is 1. The molecule has 0 aliphatic rings. The summed E-state index contributed by atoms with van der Waals surface area (Å²) >= 11 is 0. The summed E-state index contributed by atoms with van der Waals surface area (Å²) in [5.74, 6) is -2.03. The van der Waals surface area contributed by atoms with Gasteiger partial charge in [0.15, 0.2) is 15.5 Å². The number of nitrogens with two attached hydrogens (primary N) is 1. The van der Waals surface area contributed by atoms with E-state index < -0.39 is 46.5 Å². The molecule has 3 N–H and O–H groups in total. The Kier molecular flexibility index (Phi) is 11.0. The number of hydrogen-bond acceptors (Lipinski definition) is 11. The third kappa shape index (κ3) is 8.42. The van der Waals surface area contributed by atoms with Crippen molar-refractivity contribution < 1.29 is 41.4 Å². The highest BCUT2D eigenvalue weighted by atomic mass is 32.2. The van der Waals surface area contributed by atoms with E-state index in [1.54, 1.807) is 56.4 Å². The summed E-state index contributed by atoms with van der Waals surface area (Å²) in [4.78, 5) is 43.9. The van der Waals surface area contributed by atoms with Gasteiger partial charge in [-0.2, -0.15) is 4.98 Å². The van der Waals surface area contributed by atoms with E-state index in [1.165, 1.54) is 54.1 Å². The third-order valence-electron chi connectivity index (χ3n) is 7.84. The molecule has 0 fully saturated rings. The van der Waals surface area contributed by atoms with Gasteiger partial charge < -0.3 is 25.3 Å². The monoisotopic (exact) mass is 730 g/mol. The van der Waals surface area contributed by atoms with Crippen LogP contribution in [0.1, 0.15) is 19.4 Å². The molecule has 52 heavy (non-hydrogen) atoms. The zero-order valence-corrected chi connectivity index (χ0v) is 29.4. The average Bonchev–Trinajstić information content (AvgIpc) is 3.54. The lowest BCUT2D eigenvalue weighted by Crippen LogP contribution is -2.38. The van der Waals surface area contributed by atoms with Crippen molar-refractivity contribution in [3.05, 3.63) is 103 Å². The standard InChI is InChI=1S/C36H35FN6O8S/c1-21(2)32(38)34(45)50-20-51-36(46)43(29-16-15-28(52(5,47)48)18-30(29)49-4)35-40-31-17-10-25(19-42(31)41-35)24-8-13-27(14-9-24)39-33(44)22(3)23-6-11-26(37)12-7-23/h6-19,21,32H,3,20,38H2,1-2,4-5H3,(H,39,44)/t32-/m0/s1. The minimum Gasteiger partial charge on any atom is -0.495 e. The van der Waals surface area contributed by atoms with Gasteiger partial charge in [-0.15, -0.1) is 5.10 Å². The van der Waals surface area contributed by atoms with Gasteiger partial charge in [0.05, 0.1) is 17.7 Å². The van der Waals surface area contributed by atoms with Gasteiger partial charge in [0, 0.05) is 35.3 Å². The van der Waals surface area contributed by atoms with Crippen LogP contribution >= 0.6 is 0 Å². The van der Waals surface area contributed by atoms with Crippen LogP contribution in [0.3, 0.4) is 0 Å². The topological polar surface area (TPSA) is 185 Å². The number of fused-ring (bicyclic) bond motifs is 1. The minimum atomic E-state index is -3.63. The first-order valence-electron chi connectivity index (χ1n) is 15.7. The molecule has 2 heterocycles. The quantitative estimate of drug-likeness (QED) is 0.0957. The van der Waals surface area contributed by atoms with E-state index in [-0.39, 0.29) is 33.8 Å². The summed E-state index contributed by atoms with van der Waals surface area (Å²) < 4.78 is 54.9. The van der Waals surface area contributed by atoms with Crippen LogP contribution in [0, 0.1) is 11.7 Å². The molecule has 16 heteroatoms. The zero-order chi connectivity index (χ0) is 37.7. The van der Waals surface area contributed by atoms with Crippen molar-refractivity contribution in [3.8, 4) is 16.9 Å². The molecule has 0 saturated heterocycles. The lowest BCUT2D eigenvalue weighted by Gasteiger charge is -2.21. The molecule has 0 saturated carbocycles. The van der Waals surface area contributed by atoms with Gasteiger partial charge in [-0.1, -0.05) is 44.7 Å². The van der Waals surface area contributed by atoms with E-state index in [1.807, 2.05) is 0 Å². The SMILES string of the molecule is C=C(C(=O)Nc1ccc(-c2ccc3nc(N(C(=O)OCOC(=O)[C@@H](N)C(C)C)c4ccc(S(C)(=O)=O)cc4OC)nn3c2)cc1)c1ccc(F)cc1. The Hall–Kier alpha value is -6.13. The van der Waals surface area contributed by atoms with Gasteiger partial charge in [0.1, 0.15) is 17.6 Å². The number of anilines is 3. The number of pyridine rings is 1. The molecule has 0 radical (unpaired) electrons. The van der Waals surface area contributed by atoms with Gasteiger partial charge in [-0.25, -0.2) is 27.0 Å². The van der Waals surface area contributed by atoms with Crippen molar-refractivity contribution in [1.82, 2.24) is 14.6 Å². The van der Waals surface area contributed by atoms with Crippen molar-refractivity contribution in [2.75, 3.05) is 30.4 Å². The molecule has 0 aliphatic carbocycles. The van der Waals surface area contributed by atoms with Crippen LogP contribution in [0.4, 0.5) is 26.5 Å². The second-order valence-electron chi connectivity index (χ2n) is 11.9. The van der Waals surface area contributed by atoms with Crippen LogP contribution < -0.4 is 20.7 Å². The smallest absolute Gasteiger partial charge is 0.424 e. The molecule has 0 aliphatic heterocycles. The number of amides is 2. The summed E-state index contributed by atoms with van der Waals surface area (Å²) in [6.45, 7) is 6.51. The summed E-state index contributed by atoms with van der Waals surface area (Å²) in [6.07, 6.45) is 1.63. The molecule has 5 aromatic rings. The first-order valence-corrected chi connectivity index (χ1v) is 17.6. The van der Waals surface area contributed by atoms with Gasteiger partial charge in [-0.3, -0.25) is 9.59 Å². The fraction of sp³-hybridized carbons (Fsp3) is 0.194. The summed E-state index contributed by atoms with van der Waals surface area (Å²) in [6, 6.07) is 18.8. The lowest BCUT2D eigenvalue weighted by atomic mass is 10.1. The van der Waals surface area contributed by atoms with Gasteiger partial charge in [-0.05, 0) is 65.6 Å². The number of carbonyl (C=O) groups is 3. The van der Waals surface area contributed by atoms with Gasteiger partial charge >= 0.3 is 12.1 Å². The van der Waals surface area contributed by atoms with Gasteiger partial charge in [0.2, 0.25) is 6.79 Å². The van der Waals surface area contributed by atoms with Crippen LogP contribution in [0.25, 0.3) is 22.3 Å². The predicted octanol–water partition coefficient (Wildman–Crippen LogP) is 5.36. The molecular formula is C36H35FN6O8S. The Morgan fingerprint density at radius 1 is 0.981 bits per heavy atom. The summed E-state index contributed by atoms with van der Waals surface area (Å²) in [5, 5.41) is 7.26. The highest BCUT2D eigenvalue weighted by molar-refractivity contribution is 7.90. The number of rotatable bonds is 12. The Bertz CT molecular complexity index is 2260. The molecule has 2 amide bonds. The average molecular weight is 731 g/mol. The van der Waals surface area contributed by atoms with Crippen molar-refractivity contribution in [2.24, 2.45) is 11.7 Å². The van der Waals surface area contributed by atoms with Gasteiger partial charge in [0.25, 0.3) is 11.9 Å². The fourth-order valence-electron chi connectivity index (χ4n) is 4.80.